The molecule has 6 heteroatoms. The Morgan fingerprint density at radius 1 is 1.28 bits per heavy atom. The Hall–Kier alpha value is -2.63. The summed E-state index contributed by atoms with van der Waals surface area (Å²) in [6.07, 6.45) is 2.43. The van der Waals surface area contributed by atoms with Crippen molar-refractivity contribution in [2.75, 3.05) is 13.1 Å². The van der Waals surface area contributed by atoms with E-state index in [0.29, 0.717) is 25.1 Å². The third-order valence-corrected chi connectivity index (χ3v) is 4.51. The second-order valence-electron chi connectivity index (χ2n) is 6.49. The SMILES string of the molecule is CCNC(=O)C1c2c(ncn2C(C)C)CCN1C(=O)c1ccccc1. The Morgan fingerprint density at radius 2 is 2.00 bits per heavy atom. The van der Waals surface area contributed by atoms with Gasteiger partial charge in [-0.1, -0.05) is 18.2 Å². The number of hydrogen-bond acceptors (Lipinski definition) is 3. The largest absolute Gasteiger partial charge is 0.354 e. The first-order valence-corrected chi connectivity index (χ1v) is 8.74. The van der Waals surface area contributed by atoms with Crippen molar-refractivity contribution < 1.29 is 9.59 Å². The first-order chi connectivity index (χ1) is 12.0. The molecule has 1 aliphatic heterocycles. The van der Waals surface area contributed by atoms with E-state index in [-0.39, 0.29) is 17.9 Å². The molecule has 6 nitrogen and oxygen atoms in total. The van der Waals surface area contributed by atoms with Crippen LogP contribution in [0.3, 0.4) is 0 Å². The van der Waals surface area contributed by atoms with Gasteiger partial charge >= 0.3 is 0 Å². The molecule has 0 aliphatic carbocycles. The molecule has 2 aromatic rings. The summed E-state index contributed by atoms with van der Waals surface area (Å²) in [5, 5.41) is 2.87. The van der Waals surface area contributed by atoms with Gasteiger partial charge in [-0.3, -0.25) is 9.59 Å². The van der Waals surface area contributed by atoms with Crippen molar-refractivity contribution in [3.63, 3.8) is 0 Å². The number of aromatic nitrogens is 2. The van der Waals surface area contributed by atoms with Crippen molar-refractivity contribution >= 4 is 11.8 Å². The number of carbonyl (C=O) groups excluding carboxylic acids is 2. The highest BCUT2D eigenvalue weighted by molar-refractivity contribution is 5.98. The number of likely N-dealkylation sites (N-methyl/N-ethyl adjacent to an activating group) is 1. The van der Waals surface area contributed by atoms with Gasteiger partial charge in [0, 0.05) is 31.1 Å². The predicted octanol–water partition coefficient (Wildman–Crippen LogP) is 2.34. The van der Waals surface area contributed by atoms with Crippen LogP contribution in [0.25, 0.3) is 0 Å². The van der Waals surface area contributed by atoms with Gasteiger partial charge in [0.25, 0.3) is 5.91 Å². The van der Waals surface area contributed by atoms with E-state index < -0.39 is 6.04 Å². The maximum Gasteiger partial charge on any atom is 0.254 e. The molecule has 0 saturated carbocycles. The molecule has 0 saturated heterocycles. The number of rotatable bonds is 4. The molecular formula is C19H24N4O2. The molecule has 1 aromatic carbocycles. The highest BCUT2D eigenvalue weighted by Crippen LogP contribution is 2.32. The highest BCUT2D eigenvalue weighted by atomic mass is 16.2. The summed E-state index contributed by atoms with van der Waals surface area (Å²) < 4.78 is 2.00. The molecule has 1 aliphatic rings. The molecule has 1 atom stereocenters. The van der Waals surface area contributed by atoms with Crippen molar-refractivity contribution in [3.8, 4) is 0 Å². The zero-order valence-electron chi connectivity index (χ0n) is 14.9. The van der Waals surface area contributed by atoms with Crippen LogP contribution < -0.4 is 5.32 Å². The van der Waals surface area contributed by atoms with E-state index in [1.54, 1.807) is 23.4 Å². The Kier molecular flexibility index (Phi) is 4.88. The maximum absolute atomic E-state index is 13.0. The molecule has 1 N–H and O–H groups in total. The lowest BCUT2D eigenvalue weighted by molar-refractivity contribution is -0.126. The molecule has 3 rings (SSSR count). The number of hydrogen-bond donors (Lipinski definition) is 1. The molecule has 0 fully saturated rings. The number of carbonyl (C=O) groups is 2. The van der Waals surface area contributed by atoms with Gasteiger partial charge < -0.3 is 14.8 Å². The van der Waals surface area contributed by atoms with E-state index in [1.807, 2.05) is 29.7 Å². The lowest BCUT2D eigenvalue weighted by Crippen LogP contribution is -2.48. The van der Waals surface area contributed by atoms with E-state index in [4.69, 9.17) is 0 Å². The molecule has 2 heterocycles. The summed E-state index contributed by atoms with van der Waals surface area (Å²) in [6, 6.07) is 8.63. The summed E-state index contributed by atoms with van der Waals surface area (Å²) in [7, 11) is 0. The van der Waals surface area contributed by atoms with Crippen molar-refractivity contribution in [2.24, 2.45) is 0 Å². The zero-order chi connectivity index (χ0) is 18.0. The zero-order valence-corrected chi connectivity index (χ0v) is 14.9. The highest BCUT2D eigenvalue weighted by Gasteiger charge is 2.39. The van der Waals surface area contributed by atoms with E-state index in [0.717, 1.165) is 11.4 Å². The van der Waals surface area contributed by atoms with Gasteiger partial charge in [-0.15, -0.1) is 0 Å². The van der Waals surface area contributed by atoms with Crippen LogP contribution in [-0.4, -0.2) is 39.4 Å². The summed E-state index contributed by atoms with van der Waals surface area (Å²) >= 11 is 0. The molecule has 0 bridgehead atoms. The summed E-state index contributed by atoms with van der Waals surface area (Å²) in [6.45, 7) is 6.99. The van der Waals surface area contributed by atoms with Crippen LogP contribution in [-0.2, 0) is 11.2 Å². The topological polar surface area (TPSA) is 67.2 Å². The summed E-state index contributed by atoms with van der Waals surface area (Å²) in [5.74, 6) is -0.283. The molecule has 25 heavy (non-hydrogen) atoms. The number of amides is 2. The fraction of sp³-hybridized carbons (Fsp3) is 0.421. The number of fused-ring (bicyclic) bond motifs is 1. The van der Waals surface area contributed by atoms with Crippen LogP contribution in [0.2, 0.25) is 0 Å². The third-order valence-electron chi connectivity index (χ3n) is 4.51. The average Bonchev–Trinajstić information content (AvgIpc) is 3.05. The van der Waals surface area contributed by atoms with Crippen LogP contribution in [0.15, 0.2) is 36.7 Å². The van der Waals surface area contributed by atoms with Gasteiger partial charge in [-0.25, -0.2) is 4.98 Å². The minimum absolute atomic E-state index is 0.126. The normalized spacial score (nSPS) is 16.6. The fourth-order valence-corrected chi connectivity index (χ4v) is 3.32. The van der Waals surface area contributed by atoms with E-state index in [1.165, 1.54) is 0 Å². The molecule has 132 valence electrons. The number of imidazole rings is 1. The predicted molar refractivity (Wildman–Crippen MR) is 95.2 cm³/mol. The number of benzene rings is 1. The standard InChI is InChI=1S/C19H24N4O2/c1-4-20-18(24)17-16-15(21-12-23(16)13(2)3)10-11-22(17)19(25)14-8-6-5-7-9-14/h5-9,12-13,17H,4,10-11H2,1-3H3,(H,20,24). The lowest BCUT2D eigenvalue weighted by atomic mass is 9.99. The van der Waals surface area contributed by atoms with Crippen molar-refractivity contribution in [1.82, 2.24) is 19.8 Å². The third kappa shape index (κ3) is 3.16. The minimum Gasteiger partial charge on any atom is -0.354 e. The van der Waals surface area contributed by atoms with E-state index >= 15 is 0 Å². The molecular weight excluding hydrogens is 316 g/mol. The monoisotopic (exact) mass is 340 g/mol. The molecule has 0 spiro atoms. The lowest BCUT2D eigenvalue weighted by Gasteiger charge is -2.36. The van der Waals surface area contributed by atoms with Gasteiger partial charge in [0.05, 0.1) is 17.7 Å². The van der Waals surface area contributed by atoms with Crippen LogP contribution in [0.5, 0.6) is 0 Å². The van der Waals surface area contributed by atoms with Crippen LogP contribution in [0.4, 0.5) is 0 Å². The van der Waals surface area contributed by atoms with E-state index in [9.17, 15) is 9.59 Å². The second-order valence-corrected chi connectivity index (χ2v) is 6.49. The first kappa shape index (κ1) is 17.2. The molecule has 1 unspecified atom stereocenters. The van der Waals surface area contributed by atoms with Crippen molar-refractivity contribution in [3.05, 3.63) is 53.6 Å². The van der Waals surface area contributed by atoms with Gasteiger partial charge in [0.1, 0.15) is 0 Å². The van der Waals surface area contributed by atoms with Crippen molar-refractivity contribution in [1.29, 1.82) is 0 Å². The first-order valence-electron chi connectivity index (χ1n) is 8.74. The van der Waals surface area contributed by atoms with Gasteiger partial charge in [0.15, 0.2) is 6.04 Å². The van der Waals surface area contributed by atoms with Gasteiger partial charge in [-0.05, 0) is 32.9 Å². The Bertz CT molecular complexity index is 767. The van der Waals surface area contributed by atoms with Gasteiger partial charge in [-0.2, -0.15) is 0 Å². The Labute approximate surface area is 147 Å². The fourth-order valence-electron chi connectivity index (χ4n) is 3.32. The summed E-state index contributed by atoms with van der Waals surface area (Å²) in [5.41, 5.74) is 2.33. The maximum atomic E-state index is 13.0. The smallest absolute Gasteiger partial charge is 0.254 e. The summed E-state index contributed by atoms with van der Waals surface area (Å²) in [4.78, 5) is 32.0. The molecule has 2 amide bonds. The quantitative estimate of drug-likeness (QED) is 0.929. The number of nitrogens with one attached hydrogen (secondary N) is 1. The van der Waals surface area contributed by atoms with Gasteiger partial charge in [0.2, 0.25) is 5.91 Å². The van der Waals surface area contributed by atoms with Crippen molar-refractivity contribution in [2.45, 2.75) is 39.3 Å². The Balaban J connectivity index is 2.05. The molecule has 0 radical (unpaired) electrons. The van der Waals surface area contributed by atoms with E-state index in [2.05, 4.69) is 24.1 Å². The number of nitrogens with zero attached hydrogens (tertiary/aromatic N) is 3. The van der Waals surface area contributed by atoms with Crippen LogP contribution >= 0.6 is 0 Å². The van der Waals surface area contributed by atoms with Crippen LogP contribution in [0, 0.1) is 0 Å². The Morgan fingerprint density at radius 3 is 2.64 bits per heavy atom. The van der Waals surface area contributed by atoms with Crippen LogP contribution in [0.1, 0.15) is 54.6 Å². The average molecular weight is 340 g/mol. The minimum atomic E-state index is -0.652. The second kappa shape index (κ2) is 7.09. The molecule has 1 aromatic heterocycles.